The number of hydrogen-bond donors (Lipinski definition) is 0. The SMILES string of the molecule is CC(=O)CC1CC(=O)N1C(C(=O)OCc1ccccc1[N+](=O)[O-])[P+](c1ccccc1)(c1ccccc1)c1ccccc1. The van der Waals surface area contributed by atoms with Gasteiger partial charge in [-0.05, 0) is 49.4 Å². The van der Waals surface area contributed by atoms with Crippen LogP contribution in [0.15, 0.2) is 115 Å². The third kappa shape index (κ3) is 5.46. The van der Waals surface area contributed by atoms with E-state index in [2.05, 4.69) is 0 Å². The normalized spacial score (nSPS) is 15.4. The quantitative estimate of drug-likeness (QED) is 0.0847. The highest BCUT2D eigenvalue weighted by Crippen LogP contribution is 2.62. The number of ketones is 1. The van der Waals surface area contributed by atoms with Gasteiger partial charge in [0.15, 0.2) is 0 Å². The maximum Gasteiger partial charge on any atom is 0.370 e. The van der Waals surface area contributed by atoms with Crippen LogP contribution in [-0.2, 0) is 25.7 Å². The van der Waals surface area contributed by atoms with Crippen molar-refractivity contribution >= 4 is 46.5 Å². The van der Waals surface area contributed by atoms with Gasteiger partial charge in [0.05, 0.1) is 16.5 Å². The summed E-state index contributed by atoms with van der Waals surface area (Å²) in [5, 5.41) is 14.2. The summed E-state index contributed by atoms with van der Waals surface area (Å²) in [5.74, 6) is -2.13. The number of amides is 1. The molecule has 1 saturated heterocycles. The van der Waals surface area contributed by atoms with Gasteiger partial charge in [-0.3, -0.25) is 24.6 Å². The molecule has 2 unspecified atom stereocenters. The van der Waals surface area contributed by atoms with Gasteiger partial charge in [-0.15, -0.1) is 0 Å². The van der Waals surface area contributed by atoms with Crippen molar-refractivity contribution in [2.24, 2.45) is 0 Å². The van der Waals surface area contributed by atoms with E-state index >= 15 is 0 Å². The van der Waals surface area contributed by atoms with Gasteiger partial charge < -0.3 is 4.74 Å². The zero-order chi connectivity index (χ0) is 29.7. The Morgan fingerprint density at radius 3 is 1.79 bits per heavy atom. The molecule has 0 N–H and O–H groups in total. The number of ether oxygens (including phenoxy) is 1. The van der Waals surface area contributed by atoms with E-state index in [0.29, 0.717) is 0 Å². The summed E-state index contributed by atoms with van der Waals surface area (Å²) >= 11 is 0. The summed E-state index contributed by atoms with van der Waals surface area (Å²) in [5.41, 5.74) is 0.0828. The van der Waals surface area contributed by atoms with Crippen LogP contribution >= 0.6 is 7.26 Å². The molecule has 0 spiro atoms. The van der Waals surface area contributed by atoms with Gasteiger partial charge >= 0.3 is 5.97 Å². The molecule has 1 aliphatic heterocycles. The summed E-state index contributed by atoms with van der Waals surface area (Å²) < 4.78 is 5.92. The van der Waals surface area contributed by atoms with Gasteiger partial charge in [-0.2, -0.15) is 0 Å². The molecular formula is C33H30N2O6P+. The lowest BCUT2D eigenvalue weighted by molar-refractivity contribution is -0.385. The van der Waals surface area contributed by atoms with Crippen molar-refractivity contribution in [1.29, 1.82) is 0 Å². The van der Waals surface area contributed by atoms with Crippen LogP contribution in [0.3, 0.4) is 0 Å². The van der Waals surface area contributed by atoms with Crippen LogP contribution in [0.5, 0.6) is 0 Å². The Hall–Kier alpha value is -4.68. The number of para-hydroxylation sites is 1. The summed E-state index contributed by atoms with van der Waals surface area (Å²) in [6.07, 6.45) is 0.254. The van der Waals surface area contributed by atoms with Crippen molar-refractivity contribution in [3.05, 3.63) is 131 Å². The molecule has 42 heavy (non-hydrogen) atoms. The molecule has 4 aromatic rings. The Kier molecular flexibility index (Phi) is 8.55. The van der Waals surface area contributed by atoms with Crippen molar-refractivity contribution in [3.63, 3.8) is 0 Å². The number of esters is 1. The molecule has 1 amide bonds. The fourth-order valence-corrected chi connectivity index (χ4v) is 10.4. The standard InChI is InChI=1S/C33H30N2O6P/c1-24(36)21-26-22-31(37)34(26)32(33(38)41-23-25-13-11-12-20-30(25)35(39)40)42(27-14-5-2-6-15-27,28-16-7-3-8-17-28)29-18-9-4-10-19-29/h2-20,26,32H,21-23H2,1H3/q+1. The fraction of sp³-hybridized carbons (Fsp3) is 0.182. The maximum atomic E-state index is 14.5. The largest absolute Gasteiger partial charge is 0.456 e. The van der Waals surface area contributed by atoms with E-state index in [9.17, 15) is 24.5 Å². The smallest absolute Gasteiger partial charge is 0.370 e. The summed E-state index contributed by atoms with van der Waals surface area (Å²) in [6.45, 7) is 1.13. The molecule has 8 nitrogen and oxygen atoms in total. The van der Waals surface area contributed by atoms with Crippen LogP contribution in [0.25, 0.3) is 0 Å². The number of benzene rings is 4. The van der Waals surface area contributed by atoms with Crippen LogP contribution in [0, 0.1) is 10.1 Å². The molecule has 0 aromatic heterocycles. The number of nitrogens with zero attached hydrogens (tertiary/aromatic N) is 2. The second-order valence-corrected chi connectivity index (χ2v) is 13.6. The van der Waals surface area contributed by atoms with Crippen LogP contribution < -0.4 is 15.9 Å². The first kappa shape index (κ1) is 28.8. The van der Waals surface area contributed by atoms with Gasteiger partial charge in [0, 0.05) is 18.9 Å². The molecule has 5 rings (SSSR count). The second-order valence-electron chi connectivity index (χ2n) is 10.2. The molecule has 0 radical (unpaired) electrons. The Morgan fingerprint density at radius 1 is 0.857 bits per heavy atom. The maximum absolute atomic E-state index is 14.5. The summed E-state index contributed by atoms with van der Waals surface area (Å²) in [6, 6.07) is 34.4. The van der Waals surface area contributed by atoms with E-state index in [-0.39, 0.29) is 42.4 Å². The van der Waals surface area contributed by atoms with Gasteiger partial charge in [-0.1, -0.05) is 66.7 Å². The lowest BCUT2D eigenvalue weighted by atomic mass is 9.97. The lowest BCUT2D eigenvalue weighted by Crippen LogP contribution is -2.63. The summed E-state index contributed by atoms with van der Waals surface area (Å²) in [7, 11) is -3.03. The molecule has 212 valence electrons. The highest BCUT2D eigenvalue weighted by molar-refractivity contribution is 7.96. The number of carbonyl (C=O) groups is 3. The zero-order valence-corrected chi connectivity index (χ0v) is 23.9. The van der Waals surface area contributed by atoms with E-state index in [1.54, 1.807) is 18.2 Å². The van der Waals surface area contributed by atoms with Crippen LogP contribution in [0.1, 0.15) is 25.3 Å². The zero-order valence-electron chi connectivity index (χ0n) is 23.0. The van der Waals surface area contributed by atoms with Gasteiger partial charge in [0.1, 0.15) is 35.6 Å². The van der Waals surface area contributed by atoms with Crippen molar-refractivity contribution < 1.29 is 24.0 Å². The number of nitro benzene ring substituents is 1. The van der Waals surface area contributed by atoms with E-state index in [0.717, 1.165) is 15.9 Å². The molecular weight excluding hydrogens is 551 g/mol. The monoisotopic (exact) mass is 581 g/mol. The Morgan fingerprint density at radius 2 is 1.33 bits per heavy atom. The number of carbonyl (C=O) groups excluding carboxylic acids is 3. The Labute approximate surface area is 244 Å². The average molecular weight is 582 g/mol. The fourth-order valence-electron chi connectivity index (χ4n) is 5.69. The number of β-lactam (4-membered cyclic amide) rings is 1. The number of likely N-dealkylation sites (tertiary alicyclic amines) is 1. The van der Waals surface area contributed by atoms with Crippen molar-refractivity contribution in [2.75, 3.05) is 0 Å². The van der Waals surface area contributed by atoms with Gasteiger partial charge in [-0.25, -0.2) is 4.79 Å². The van der Waals surface area contributed by atoms with Crippen molar-refractivity contribution in [1.82, 2.24) is 4.90 Å². The second kappa shape index (κ2) is 12.5. The third-order valence-corrected chi connectivity index (χ3v) is 12.0. The molecule has 0 saturated carbocycles. The average Bonchev–Trinajstić information content (AvgIpc) is 3.01. The van der Waals surface area contributed by atoms with Crippen LogP contribution in [-0.4, -0.2) is 39.3 Å². The van der Waals surface area contributed by atoms with E-state index in [4.69, 9.17) is 4.74 Å². The molecule has 2 atom stereocenters. The predicted molar refractivity (Wildman–Crippen MR) is 162 cm³/mol. The van der Waals surface area contributed by atoms with E-state index < -0.39 is 30.0 Å². The Balaban J connectivity index is 1.73. The van der Waals surface area contributed by atoms with Gasteiger partial charge in [0.2, 0.25) is 5.91 Å². The van der Waals surface area contributed by atoms with Crippen LogP contribution in [0.4, 0.5) is 5.69 Å². The van der Waals surface area contributed by atoms with Gasteiger partial charge in [0.25, 0.3) is 11.5 Å². The minimum atomic E-state index is -3.03. The predicted octanol–water partition coefficient (Wildman–Crippen LogP) is 4.54. The number of hydrogen-bond acceptors (Lipinski definition) is 6. The molecule has 9 heteroatoms. The third-order valence-electron chi connectivity index (χ3n) is 7.50. The Bertz CT molecular complexity index is 1500. The molecule has 1 heterocycles. The molecule has 4 aromatic carbocycles. The molecule has 0 bridgehead atoms. The molecule has 1 aliphatic rings. The minimum Gasteiger partial charge on any atom is -0.456 e. The minimum absolute atomic E-state index is 0.0902. The number of Topliss-reactive ketones (excluding diaryl/α,β-unsaturated/α-hetero) is 1. The van der Waals surface area contributed by atoms with Crippen molar-refractivity contribution in [3.8, 4) is 0 Å². The summed E-state index contributed by atoms with van der Waals surface area (Å²) in [4.78, 5) is 52.9. The highest BCUT2D eigenvalue weighted by Gasteiger charge is 2.63. The highest BCUT2D eigenvalue weighted by atomic mass is 31.2. The molecule has 1 fully saturated rings. The first-order valence-electron chi connectivity index (χ1n) is 13.6. The van der Waals surface area contributed by atoms with E-state index in [1.165, 1.54) is 17.9 Å². The van der Waals surface area contributed by atoms with Crippen molar-refractivity contribution in [2.45, 2.75) is 38.2 Å². The lowest BCUT2D eigenvalue weighted by Gasteiger charge is -2.47. The first-order chi connectivity index (χ1) is 20.3. The number of rotatable bonds is 11. The molecule has 0 aliphatic carbocycles. The van der Waals surface area contributed by atoms with E-state index in [1.807, 2.05) is 91.0 Å². The topological polar surface area (TPSA) is 107 Å². The number of nitro groups is 1. The first-order valence-corrected chi connectivity index (χ1v) is 15.4. The van der Waals surface area contributed by atoms with Crippen LogP contribution in [0.2, 0.25) is 0 Å².